The van der Waals surface area contributed by atoms with Gasteiger partial charge in [-0.2, -0.15) is 5.10 Å². The molecule has 0 saturated carbocycles. The Labute approximate surface area is 211 Å². The number of rotatable bonds is 9. The summed E-state index contributed by atoms with van der Waals surface area (Å²) in [6, 6.07) is 13.4. The molecule has 1 aliphatic rings. The van der Waals surface area contributed by atoms with Crippen LogP contribution in [0.4, 0.5) is 0 Å². The molecule has 1 atom stereocenters. The van der Waals surface area contributed by atoms with Gasteiger partial charge in [0.1, 0.15) is 24.7 Å². The predicted octanol–water partition coefficient (Wildman–Crippen LogP) is 5.37. The lowest BCUT2D eigenvalue weighted by Gasteiger charge is -2.27. The standard InChI is InChI=1S/C26H31Cl2N3O3/c1-20-16-29-31(17-20)12-13-33-22-5-2-4-21(14-22)18-30-10-3-8-26(32,9-11-30)19-34-23-6-7-24(27)25(28)15-23/h2,4-7,14-17,32H,3,8-13,18-19H2,1H3/t26-/m0/s1. The van der Waals surface area contributed by atoms with Gasteiger partial charge in [-0.05, 0) is 68.1 Å². The fraction of sp³-hybridized carbons (Fsp3) is 0.423. The van der Waals surface area contributed by atoms with Crippen molar-refractivity contribution in [2.45, 2.75) is 44.9 Å². The van der Waals surface area contributed by atoms with E-state index in [0.29, 0.717) is 41.8 Å². The first-order valence-corrected chi connectivity index (χ1v) is 12.4. The number of ether oxygens (including phenoxy) is 2. The van der Waals surface area contributed by atoms with Gasteiger partial charge in [0.2, 0.25) is 0 Å². The molecule has 3 aromatic rings. The van der Waals surface area contributed by atoms with Gasteiger partial charge in [-0.15, -0.1) is 0 Å². The molecule has 4 rings (SSSR count). The number of likely N-dealkylation sites (tertiary alicyclic amines) is 1. The van der Waals surface area contributed by atoms with Gasteiger partial charge in [0.05, 0.1) is 28.4 Å². The predicted molar refractivity (Wildman–Crippen MR) is 135 cm³/mol. The Bertz CT molecular complexity index is 1090. The lowest BCUT2D eigenvalue weighted by Crippen LogP contribution is -2.37. The van der Waals surface area contributed by atoms with Crippen molar-refractivity contribution >= 4 is 23.2 Å². The highest BCUT2D eigenvalue weighted by Crippen LogP contribution is 2.29. The SMILES string of the molecule is Cc1cnn(CCOc2cccc(CN3CCC[C@@](O)(COc4ccc(Cl)c(Cl)c4)CC3)c2)c1. The summed E-state index contributed by atoms with van der Waals surface area (Å²) in [6.07, 6.45) is 6.10. The van der Waals surface area contributed by atoms with Crippen LogP contribution in [-0.4, -0.2) is 51.7 Å². The number of halogens is 2. The van der Waals surface area contributed by atoms with Gasteiger partial charge in [-0.3, -0.25) is 9.58 Å². The molecule has 182 valence electrons. The second-order valence-electron chi connectivity index (χ2n) is 9.00. The van der Waals surface area contributed by atoms with E-state index in [2.05, 4.69) is 22.1 Å². The molecule has 1 aromatic heterocycles. The summed E-state index contributed by atoms with van der Waals surface area (Å²) < 4.78 is 13.7. The average Bonchev–Trinajstić information content (AvgIpc) is 3.14. The van der Waals surface area contributed by atoms with Crippen molar-refractivity contribution in [3.63, 3.8) is 0 Å². The largest absolute Gasteiger partial charge is 0.492 e. The fourth-order valence-electron chi connectivity index (χ4n) is 4.16. The van der Waals surface area contributed by atoms with Crippen molar-refractivity contribution in [1.82, 2.24) is 14.7 Å². The fourth-order valence-corrected chi connectivity index (χ4v) is 4.45. The molecule has 0 bridgehead atoms. The highest BCUT2D eigenvalue weighted by Gasteiger charge is 2.31. The van der Waals surface area contributed by atoms with Crippen molar-refractivity contribution in [3.05, 3.63) is 76.0 Å². The quantitative estimate of drug-likeness (QED) is 0.425. The Morgan fingerprint density at radius 1 is 1.03 bits per heavy atom. The van der Waals surface area contributed by atoms with Crippen LogP contribution in [0.25, 0.3) is 0 Å². The molecule has 1 fully saturated rings. The summed E-state index contributed by atoms with van der Waals surface area (Å²) in [4.78, 5) is 2.38. The Kier molecular flexibility index (Phi) is 8.37. The van der Waals surface area contributed by atoms with E-state index in [-0.39, 0.29) is 6.61 Å². The maximum absolute atomic E-state index is 11.1. The van der Waals surface area contributed by atoms with Crippen LogP contribution in [0, 0.1) is 6.92 Å². The highest BCUT2D eigenvalue weighted by molar-refractivity contribution is 6.42. The third-order valence-corrected chi connectivity index (χ3v) is 6.80. The first-order valence-electron chi connectivity index (χ1n) is 11.6. The van der Waals surface area contributed by atoms with Gasteiger partial charge in [0.25, 0.3) is 0 Å². The van der Waals surface area contributed by atoms with Gasteiger partial charge < -0.3 is 14.6 Å². The van der Waals surface area contributed by atoms with Crippen molar-refractivity contribution < 1.29 is 14.6 Å². The number of aromatic nitrogens is 2. The van der Waals surface area contributed by atoms with E-state index in [4.69, 9.17) is 32.7 Å². The van der Waals surface area contributed by atoms with E-state index in [1.807, 2.05) is 36.1 Å². The van der Waals surface area contributed by atoms with Crippen molar-refractivity contribution in [2.24, 2.45) is 0 Å². The smallest absolute Gasteiger partial charge is 0.121 e. The first-order chi connectivity index (χ1) is 16.4. The zero-order chi connectivity index (χ0) is 24.0. The topological polar surface area (TPSA) is 59.8 Å². The van der Waals surface area contributed by atoms with E-state index in [1.54, 1.807) is 18.2 Å². The van der Waals surface area contributed by atoms with E-state index in [9.17, 15) is 5.11 Å². The molecular formula is C26H31Cl2N3O3. The van der Waals surface area contributed by atoms with Gasteiger partial charge >= 0.3 is 0 Å². The Morgan fingerprint density at radius 2 is 1.88 bits per heavy atom. The van der Waals surface area contributed by atoms with Gasteiger partial charge in [0, 0.05) is 25.4 Å². The summed E-state index contributed by atoms with van der Waals surface area (Å²) in [7, 11) is 0. The van der Waals surface area contributed by atoms with Gasteiger partial charge in [-0.25, -0.2) is 0 Å². The summed E-state index contributed by atoms with van der Waals surface area (Å²) >= 11 is 12.0. The molecule has 1 saturated heterocycles. The van der Waals surface area contributed by atoms with Crippen LogP contribution in [0.5, 0.6) is 11.5 Å². The molecule has 0 aliphatic carbocycles. The number of hydrogen-bond donors (Lipinski definition) is 1. The van der Waals surface area contributed by atoms with E-state index in [1.165, 1.54) is 5.56 Å². The molecular weight excluding hydrogens is 473 g/mol. The molecule has 2 aromatic carbocycles. The third-order valence-electron chi connectivity index (χ3n) is 6.06. The Morgan fingerprint density at radius 3 is 2.68 bits per heavy atom. The minimum absolute atomic E-state index is 0.234. The van der Waals surface area contributed by atoms with E-state index >= 15 is 0 Å². The number of nitrogens with zero attached hydrogens (tertiary/aromatic N) is 3. The number of hydrogen-bond acceptors (Lipinski definition) is 5. The molecule has 34 heavy (non-hydrogen) atoms. The van der Waals surface area contributed by atoms with Crippen molar-refractivity contribution in [2.75, 3.05) is 26.3 Å². The molecule has 1 aliphatic heterocycles. The molecule has 8 heteroatoms. The lowest BCUT2D eigenvalue weighted by molar-refractivity contribution is -0.0168. The molecule has 0 amide bonds. The van der Waals surface area contributed by atoms with Crippen LogP contribution in [0.3, 0.4) is 0 Å². The van der Waals surface area contributed by atoms with E-state index < -0.39 is 5.60 Å². The van der Waals surface area contributed by atoms with Crippen LogP contribution in [0.2, 0.25) is 10.0 Å². The second-order valence-corrected chi connectivity index (χ2v) is 9.81. The van der Waals surface area contributed by atoms with Gasteiger partial charge in [0.15, 0.2) is 0 Å². The summed E-state index contributed by atoms with van der Waals surface area (Å²) in [6.45, 7) is 6.09. The van der Waals surface area contributed by atoms with Crippen LogP contribution < -0.4 is 9.47 Å². The highest BCUT2D eigenvalue weighted by atomic mass is 35.5. The summed E-state index contributed by atoms with van der Waals surface area (Å²) in [5, 5.41) is 16.3. The maximum Gasteiger partial charge on any atom is 0.121 e. The maximum atomic E-state index is 11.1. The number of benzene rings is 2. The number of aliphatic hydroxyl groups is 1. The van der Waals surface area contributed by atoms with Crippen molar-refractivity contribution in [1.29, 1.82) is 0 Å². The monoisotopic (exact) mass is 503 g/mol. The molecule has 6 nitrogen and oxygen atoms in total. The zero-order valence-electron chi connectivity index (χ0n) is 19.4. The normalized spacial score (nSPS) is 19.1. The van der Waals surface area contributed by atoms with Crippen LogP contribution in [0.15, 0.2) is 54.9 Å². The molecule has 1 N–H and O–H groups in total. The molecule has 0 spiro atoms. The molecule has 0 radical (unpaired) electrons. The van der Waals surface area contributed by atoms with Crippen LogP contribution in [-0.2, 0) is 13.1 Å². The van der Waals surface area contributed by atoms with Crippen molar-refractivity contribution in [3.8, 4) is 11.5 Å². The molecule has 0 unspecified atom stereocenters. The second kappa shape index (κ2) is 11.5. The minimum Gasteiger partial charge on any atom is -0.492 e. The third kappa shape index (κ3) is 7.12. The number of aryl methyl sites for hydroxylation is 1. The van der Waals surface area contributed by atoms with E-state index in [0.717, 1.165) is 37.4 Å². The average molecular weight is 504 g/mol. The Hall–Kier alpha value is -2.25. The summed E-state index contributed by atoms with van der Waals surface area (Å²) in [5.41, 5.74) is 1.48. The summed E-state index contributed by atoms with van der Waals surface area (Å²) in [5.74, 6) is 1.48. The zero-order valence-corrected chi connectivity index (χ0v) is 20.9. The van der Waals surface area contributed by atoms with Crippen LogP contribution in [0.1, 0.15) is 30.4 Å². The Balaban J connectivity index is 1.26. The molecule has 2 heterocycles. The lowest BCUT2D eigenvalue weighted by atomic mass is 9.96. The van der Waals surface area contributed by atoms with Crippen LogP contribution >= 0.6 is 23.2 Å². The van der Waals surface area contributed by atoms with Gasteiger partial charge in [-0.1, -0.05) is 35.3 Å². The first kappa shape index (κ1) is 24.9. The minimum atomic E-state index is -0.864.